The van der Waals surface area contributed by atoms with E-state index < -0.39 is 11.6 Å². The van der Waals surface area contributed by atoms with Gasteiger partial charge in [-0.3, -0.25) is 0 Å². The van der Waals surface area contributed by atoms with Gasteiger partial charge in [0.15, 0.2) is 11.5 Å². The van der Waals surface area contributed by atoms with Crippen LogP contribution in [0.1, 0.15) is 18.1 Å². The van der Waals surface area contributed by atoms with Crippen molar-refractivity contribution < 1.29 is 18.3 Å². The molecule has 0 atom stereocenters. The predicted octanol–water partition coefficient (Wildman–Crippen LogP) is 4.68. The van der Waals surface area contributed by atoms with E-state index in [0.717, 1.165) is 11.6 Å². The number of halogens is 3. The van der Waals surface area contributed by atoms with E-state index in [4.69, 9.17) is 21.1 Å². The minimum Gasteiger partial charge on any atom is -0.490 e. The third-order valence-corrected chi connectivity index (χ3v) is 3.09. The molecule has 0 bridgehead atoms. The van der Waals surface area contributed by atoms with E-state index >= 15 is 0 Å². The molecule has 0 N–H and O–H groups in total. The van der Waals surface area contributed by atoms with Gasteiger partial charge in [-0.05, 0) is 42.3 Å². The molecule has 0 aliphatic heterocycles. The molecule has 0 aromatic heterocycles. The number of rotatable bonds is 6. The van der Waals surface area contributed by atoms with E-state index in [2.05, 4.69) is 0 Å². The Balaban J connectivity index is 2.15. The van der Waals surface area contributed by atoms with Crippen LogP contribution in [0.15, 0.2) is 36.4 Å². The van der Waals surface area contributed by atoms with Crippen molar-refractivity contribution in [2.24, 2.45) is 0 Å². The van der Waals surface area contributed by atoms with Gasteiger partial charge in [-0.25, -0.2) is 8.78 Å². The summed E-state index contributed by atoms with van der Waals surface area (Å²) in [6, 6.07) is 8.63. The zero-order valence-corrected chi connectivity index (χ0v) is 12.3. The topological polar surface area (TPSA) is 18.5 Å². The quantitative estimate of drug-likeness (QED) is 0.721. The molecular formula is C16H15ClF2O2. The second kappa shape index (κ2) is 7.27. The van der Waals surface area contributed by atoms with E-state index in [9.17, 15) is 8.78 Å². The van der Waals surface area contributed by atoms with Crippen LogP contribution >= 0.6 is 11.6 Å². The molecule has 0 radical (unpaired) electrons. The Labute approximate surface area is 127 Å². The van der Waals surface area contributed by atoms with Crippen LogP contribution in [-0.2, 0) is 12.5 Å². The van der Waals surface area contributed by atoms with Crippen LogP contribution in [-0.4, -0.2) is 6.61 Å². The number of ether oxygens (including phenoxy) is 2. The lowest BCUT2D eigenvalue weighted by molar-refractivity contribution is 0.268. The molecule has 0 saturated heterocycles. The molecule has 0 spiro atoms. The number of hydrogen-bond acceptors (Lipinski definition) is 2. The van der Waals surface area contributed by atoms with Crippen molar-refractivity contribution in [2.75, 3.05) is 6.61 Å². The second-order valence-electron chi connectivity index (χ2n) is 4.41. The standard InChI is InChI=1S/C16H15ClF2O2/c1-2-20-16-7-11(9-17)3-4-15(16)21-10-12-5-13(18)8-14(19)6-12/h3-8H,2,9-10H2,1H3. The van der Waals surface area contributed by atoms with Gasteiger partial charge in [0.1, 0.15) is 18.2 Å². The fourth-order valence-corrected chi connectivity index (χ4v) is 2.04. The third-order valence-electron chi connectivity index (χ3n) is 2.78. The summed E-state index contributed by atoms with van der Waals surface area (Å²) in [7, 11) is 0. The van der Waals surface area contributed by atoms with E-state index in [1.165, 1.54) is 12.1 Å². The third kappa shape index (κ3) is 4.33. The van der Waals surface area contributed by atoms with Gasteiger partial charge >= 0.3 is 0 Å². The first kappa shape index (κ1) is 15.6. The van der Waals surface area contributed by atoms with Crippen molar-refractivity contribution in [3.63, 3.8) is 0 Å². The lowest BCUT2D eigenvalue weighted by Crippen LogP contribution is -2.01. The molecule has 0 unspecified atom stereocenters. The minimum absolute atomic E-state index is 0.0506. The van der Waals surface area contributed by atoms with Gasteiger partial charge < -0.3 is 9.47 Å². The van der Waals surface area contributed by atoms with Gasteiger partial charge in [-0.1, -0.05) is 6.07 Å². The number of benzene rings is 2. The van der Waals surface area contributed by atoms with Gasteiger partial charge in [0.05, 0.1) is 6.61 Å². The smallest absolute Gasteiger partial charge is 0.161 e. The molecule has 0 amide bonds. The zero-order chi connectivity index (χ0) is 15.2. The van der Waals surface area contributed by atoms with E-state index in [1.807, 2.05) is 13.0 Å². The summed E-state index contributed by atoms with van der Waals surface area (Å²) >= 11 is 5.78. The van der Waals surface area contributed by atoms with Crippen LogP contribution in [0.3, 0.4) is 0 Å². The second-order valence-corrected chi connectivity index (χ2v) is 4.68. The summed E-state index contributed by atoms with van der Waals surface area (Å²) in [5.41, 5.74) is 1.32. The molecule has 2 nitrogen and oxygen atoms in total. The van der Waals surface area contributed by atoms with Crippen LogP contribution < -0.4 is 9.47 Å². The molecule has 0 aliphatic rings. The molecule has 0 fully saturated rings. The molecule has 5 heteroatoms. The Morgan fingerprint density at radius 1 is 0.905 bits per heavy atom. The lowest BCUT2D eigenvalue weighted by Gasteiger charge is -2.13. The average Bonchev–Trinajstić information content (AvgIpc) is 2.45. The Bertz CT molecular complexity index is 597. The SMILES string of the molecule is CCOc1cc(CCl)ccc1OCc1cc(F)cc(F)c1. The van der Waals surface area contributed by atoms with Crippen LogP contribution in [0, 0.1) is 11.6 Å². The normalized spacial score (nSPS) is 10.5. The van der Waals surface area contributed by atoms with E-state index in [0.29, 0.717) is 29.5 Å². The largest absolute Gasteiger partial charge is 0.490 e. The van der Waals surface area contributed by atoms with Crippen molar-refractivity contribution in [1.29, 1.82) is 0 Å². The van der Waals surface area contributed by atoms with Crippen molar-refractivity contribution in [1.82, 2.24) is 0 Å². The minimum atomic E-state index is -0.629. The monoisotopic (exact) mass is 312 g/mol. The highest BCUT2D eigenvalue weighted by Gasteiger charge is 2.08. The summed E-state index contributed by atoms with van der Waals surface area (Å²) in [5, 5.41) is 0. The Hall–Kier alpha value is -1.81. The number of hydrogen-bond donors (Lipinski definition) is 0. The summed E-state index contributed by atoms with van der Waals surface area (Å²) in [6.45, 7) is 2.39. The van der Waals surface area contributed by atoms with Crippen LogP contribution in [0.25, 0.3) is 0 Å². The van der Waals surface area contributed by atoms with Gasteiger partial charge in [0, 0.05) is 11.9 Å². The molecule has 21 heavy (non-hydrogen) atoms. The maximum Gasteiger partial charge on any atom is 0.161 e. The molecular weight excluding hydrogens is 298 g/mol. The van der Waals surface area contributed by atoms with E-state index in [1.54, 1.807) is 12.1 Å². The highest BCUT2D eigenvalue weighted by atomic mass is 35.5. The number of alkyl halides is 1. The Morgan fingerprint density at radius 3 is 2.24 bits per heavy atom. The maximum absolute atomic E-state index is 13.1. The van der Waals surface area contributed by atoms with Crippen molar-refractivity contribution >= 4 is 11.6 Å². The van der Waals surface area contributed by atoms with Crippen molar-refractivity contribution in [3.05, 3.63) is 59.2 Å². The van der Waals surface area contributed by atoms with Gasteiger partial charge in [-0.2, -0.15) is 0 Å². The molecule has 112 valence electrons. The molecule has 0 aliphatic carbocycles. The first-order valence-corrected chi connectivity index (χ1v) is 7.05. The summed E-state index contributed by atoms with van der Waals surface area (Å²) < 4.78 is 37.3. The first-order valence-electron chi connectivity index (χ1n) is 6.52. The Kier molecular flexibility index (Phi) is 5.39. The lowest BCUT2D eigenvalue weighted by atomic mass is 10.2. The van der Waals surface area contributed by atoms with Crippen LogP contribution in [0.5, 0.6) is 11.5 Å². The maximum atomic E-state index is 13.1. The average molecular weight is 313 g/mol. The van der Waals surface area contributed by atoms with Crippen LogP contribution in [0.4, 0.5) is 8.78 Å². The highest BCUT2D eigenvalue weighted by Crippen LogP contribution is 2.30. The van der Waals surface area contributed by atoms with Crippen LogP contribution in [0.2, 0.25) is 0 Å². The molecule has 2 aromatic carbocycles. The van der Waals surface area contributed by atoms with Crippen molar-refractivity contribution in [2.45, 2.75) is 19.4 Å². The summed E-state index contributed by atoms with van der Waals surface area (Å²) in [4.78, 5) is 0. The molecule has 2 rings (SSSR count). The fourth-order valence-electron chi connectivity index (χ4n) is 1.88. The molecule has 0 heterocycles. The van der Waals surface area contributed by atoms with E-state index in [-0.39, 0.29) is 6.61 Å². The summed E-state index contributed by atoms with van der Waals surface area (Å²) in [6.07, 6.45) is 0. The fraction of sp³-hybridized carbons (Fsp3) is 0.250. The summed E-state index contributed by atoms with van der Waals surface area (Å²) in [5.74, 6) is 0.185. The Morgan fingerprint density at radius 2 is 1.62 bits per heavy atom. The van der Waals surface area contributed by atoms with Gasteiger partial charge in [-0.15, -0.1) is 11.6 Å². The van der Waals surface area contributed by atoms with Gasteiger partial charge in [0.25, 0.3) is 0 Å². The zero-order valence-electron chi connectivity index (χ0n) is 11.5. The van der Waals surface area contributed by atoms with Crippen molar-refractivity contribution in [3.8, 4) is 11.5 Å². The molecule has 0 saturated carbocycles. The highest BCUT2D eigenvalue weighted by molar-refractivity contribution is 6.17. The predicted molar refractivity (Wildman–Crippen MR) is 77.9 cm³/mol. The van der Waals surface area contributed by atoms with Gasteiger partial charge in [0.2, 0.25) is 0 Å². The molecule has 2 aromatic rings. The first-order chi connectivity index (χ1) is 10.1.